The molecule has 0 aliphatic carbocycles. The molecule has 1 aliphatic rings. The number of carbonyl (C=O) groups is 1. The van der Waals surface area contributed by atoms with Gasteiger partial charge in [0.2, 0.25) is 11.7 Å². The number of ether oxygens (including phenoxy) is 3. The van der Waals surface area contributed by atoms with E-state index in [-0.39, 0.29) is 11.9 Å². The summed E-state index contributed by atoms with van der Waals surface area (Å²) in [5.41, 5.74) is 1.68. The number of amides is 1. The summed E-state index contributed by atoms with van der Waals surface area (Å²) >= 11 is 0. The first kappa shape index (κ1) is 20.6. The van der Waals surface area contributed by atoms with Crippen molar-refractivity contribution in [2.45, 2.75) is 25.4 Å². The molecule has 1 saturated heterocycles. The van der Waals surface area contributed by atoms with Gasteiger partial charge in [-0.1, -0.05) is 11.3 Å². The fourth-order valence-electron chi connectivity index (χ4n) is 3.62. The lowest BCUT2D eigenvalue weighted by molar-refractivity contribution is -0.137. The van der Waals surface area contributed by atoms with Crippen LogP contribution in [0, 0.1) is 0 Å². The number of aromatic nitrogens is 6. The molecular weight excluding hydrogens is 402 g/mol. The molecule has 0 bridgehead atoms. The zero-order valence-electron chi connectivity index (χ0n) is 17.8. The van der Waals surface area contributed by atoms with Crippen molar-refractivity contribution in [1.29, 1.82) is 0 Å². The van der Waals surface area contributed by atoms with E-state index in [4.69, 9.17) is 14.2 Å². The van der Waals surface area contributed by atoms with Gasteiger partial charge in [-0.3, -0.25) is 4.79 Å². The standard InChI is InChI=1S/C20H25N7O4/c1-29-17-6-4-14(19(30-2)20(17)31-3)5-7-18(28)25-12-16(13-25)26-10-15(23-24-26)11-27-21-8-9-22-27/h4,6,8-10,16H,5,7,11-13H2,1-3H3. The van der Waals surface area contributed by atoms with Crippen LogP contribution in [-0.2, 0) is 17.8 Å². The Balaban J connectivity index is 1.30. The summed E-state index contributed by atoms with van der Waals surface area (Å²) in [6.45, 7) is 1.70. The summed E-state index contributed by atoms with van der Waals surface area (Å²) in [4.78, 5) is 16.0. The van der Waals surface area contributed by atoms with E-state index in [2.05, 4.69) is 20.5 Å². The van der Waals surface area contributed by atoms with E-state index in [1.54, 1.807) is 43.2 Å². The van der Waals surface area contributed by atoms with Gasteiger partial charge in [0.15, 0.2) is 11.5 Å². The highest BCUT2D eigenvalue weighted by Gasteiger charge is 2.32. The third-order valence-electron chi connectivity index (χ3n) is 5.31. The van der Waals surface area contributed by atoms with Gasteiger partial charge in [0.05, 0.1) is 46.0 Å². The molecule has 1 amide bonds. The number of likely N-dealkylation sites (tertiary alicyclic amines) is 1. The molecule has 0 radical (unpaired) electrons. The van der Waals surface area contributed by atoms with Gasteiger partial charge < -0.3 is 19.1 Å². The van der Waals surface area contributed by atoms with E-state index in [0.29, 0.717) is 49.7 Å². The van der Waals surface area contributed by atoms with Gasteiger partial charge in [-0.15, -0.1) is 5.10 Å². The number of hydrogen-bond acceptors (Lipinski definition) is 8. The second-order valence-electron chi connectivity index (χ2n) is 7.20. The lowest BCUT2D eigenvalue weighted by Gasteiger charge is -2.39. The minimum Gasteiger partial charge on any atom is -0.493 e. The molecule has 0 N–H and O–H groups in total. The second kappa shape index (κ2) is 9.02. The van der Waals surface area contributed by atoms with Crippen LogP contribution in [0.25, 0.3) is 0 Å². The van der Waals surface area contributed by atoms with Crippen molar-refractivity contribution >= 4 is 5.91 Å². The summed E-state index contributed by atoms with van der Waals surface area (Å²) < 4.78 is 18.0. The van der Waals surface area contributed by atoms with Gasteiger partial charge in [0.1, 0.15) is 12.2 Å². The lowest BCUT2D eigenvalue weighted by atomic mass is 10.0. The van der Waals surface area contributed by atoms with Crippen LogP contribution in [0.2, 0.25) is 0 Å². The summed E-state index contributed by atoms with van der Waals surface area (Å²) in [5, 5.41) is 16.5. The molecule has 0 unspecified atom stereocenters. The highest BCUT2D eigenvalue weighted by Crippen LogP contribution is 2.40. The van der Waals surface area contributed by atoms with Crippen LogP contribution in [0.3, 0.4) is 0 Å². The third kappa shape index (κ3) is 4.30. The van der Waals surface area contributed by atoms with E-state index in [0.717, 1.165) is 11.3 Å². The molecule has 11 nitrogen and oxygen atoms in total. The number of nitrogens with zero attached hydrogens (tertiary/aromatic N) is 7. The van der Waals surface area contributed by atoms with Gasteiger partial charge in [-0.25, -0.2) is 4.68 Å². The fraction of sp³-hybridized carbons (Fsp3) is 0.450. The monoisotopic (exact) mass is 427 g/mol. The Hall–Kier alpha value is -3.63. The molecule has 0 saturated carbocycles. The summed E-state index contributed by atoms with van der Waals surface area (Å²) in [6.07, 6.45) is 6.05. The van der Waals surface area contributed by atoms with Crippen LogP contribution in [0.15, 0.2) is 30.7 Å². The Morgan fingerprint density at radius 3 is 2.48 bits per heavy atom. The maximum atomic E-state index is 12.6. The highest BCUT2D eigenvalue weighted by molar-refractivity contribution is 5.77. The quantitative estimate of drug-likeness (QED) is 0.497. The molecule has 3 heterocycles. The van der Waals surface area contributed by atoms with Crippen molar-refractivity contribution in [3.05, 3.63) is 42.0 Å². The molecule has 1 aromatic carbocycles. The summed E-state index contributed by atoms with van der Waals surface area (Å²) in [5.74, 6) is 1.81. The first-order valence-electron chi connectivity index (χ1n) is 9.93. The van der Waals surface area contributed by atoms with E-state index in [1.807, 2.05) is 23.2 Å². The predicted molar refractivity (Wildman–Crippen MR) is 109 cm³/mol. The molecule has 0 spiro atoms. The Kier molecular flexibility index (Phi) is 6.01. The van der Waals surface area contributed by atoms with E-state index >= 15 is 0 Å². The van der Waals surface area contributed by atoms with E-state index in [1.165, 1.54) is 0 Å². The van der Waals surface area contributed by atoms with E-state index in [9.17, 15) is 4.79 Å². The van der Waals surface area contributed by atoms with Crippen molar-refractivity contribution in [1.82, 2.24) is 34.9 Å². The molecule has 3 aromatic rings. The smallest absolute Gasteiger partial charge is 0.223 e. The van der Waals surface area contributed by atoms with Crippen LogP contribution >= 0.6 is 0 Å². The first-order valence-corrected chi connectivity index (χ1v) is 9.93. The molecule has 0 atom stereocenters. The molecule has 31 heavy (non-hydrogen) atoms. The second-order valence-corrected chi connectivity index (χ2v) is 7.20. The molecule has 11 heteroatoms. The van der Waals surface area contributed by atoms with Gasteiger partial charge in [0.25, 0.3) is 0 Å². The molecule has 1 fully saturated rings. The van der Waals surface area contributed by atoms with Crippen LogP contribution in [0.5, 0.6) is 17.2 Å². The van der Waals surface area contributed by atoms with Crippen LogP contribution in [-0.4, -0.2) is 75.2 Å². The van der Waals surface area contributed by atoms with Crippen molar-refractivity contribution in [2.24, 2.45) is 0 Å². The lowest BCUT2D eigenvalue weighted by Crippen LogP contribution is -2.51. The van der Waals surface area contributed by atoms with Crippen molar-refractivity contribution in [3.63, 3.8) is 0 Å². The molecule has 164 valence electrons. The van der Waals surface area contributed by atoms with Gasteiger partial charge in [-0.05, 0) is 18.1 Å². The number of aryl methyl sites for hydroxylation is 1. The average molecular weight is 427 g/mol. The van der Waals surface area contributed by atoms with Crippen molar-refractivity contribution in [2.75, 3.05) is 34.4 Å². The van der Waals surface area contributed by atoms with E-state index < -0.39 is 0 Å². The number of hydrogen-bond donors (Lipinski definition) is 0. The Morgan fingerprint density at radius 2 is 1.81 bits per heavy atom. The normalized spacial score (nSPS) is 13.7. The topological polar surface area (TPSA) is 109 Å². The number of rotatable bonds is 9. The Morgan fingerprint density at radius 1 is 1.06 bits per heavy atom. The summed E-state index contributed by atoms with van der Waals surface area (Å²) in [6, 6.07) is 3.85. The third-order valence-corrected chi connectivity index (χ3v) is 5.31. The van der Waals surface area contributed by atoms with Gasteiger partial charge in [-0.2, -0.15) is 15.0 Å². The number of methoxy groups -OCH3 is 3. The van der Waals surface area contributed by atoms with Crippen LogP contribution in [0.1, 0.15) is 23.7 Å². The van der Waals surface area contributed by atoms with Crippen molar-refractivity contribution in [3.8, 4) is 17.2 Å². The van der Waals surface area contributed by atoms with Crippen molar-refractivity contribution < 1.29 is 19.0 Å². The van der Waals surface area contributed by atoms with Crippen LogP contribution < -0.4 is 14.2 Å². The Bertz CT molecular complexity index is 1030. The SMILES string of the molecule is COc1ccc(CCC(=O)N2CC(n3cc(Cn4nccn4)nn3)C2)c(OC)c1OC. The zero-order chi connectivity index (χ0) is 21.8. The maximum Gasteiger partial charge on any atom is 0.223 e. The van der Waals surface area contributed by atoms with Crippen LogP contribution in [0.4, 0.5) is 0 Å². The number of benzene rings is 1. The zero-order valence-corrected chi connectivity index (χ0v) is 17.8. The first-order chi connectivity index (χ1) is 15.1. The van der Waals surface area contributed by atoms with Gasteiger partial charge in [0, 0.05) is 19.5 Å². The number of carbonyl (C=O) groups excluding carboxylic acids is 1. The average Bonchev–Trinajstić information content (AvgIpc) is 3.43. The predicted octanol–water partition coefficient (Wildman–Crippen LogP) is 0.960. The molecular formula is C20H25N7O4. The molecule has 4 rings (SSSR count). The Labute approximate surface area is 179 Å². The molecule has 2 aromatic heterocycles. The fourth-order valence-corrected chi connectivity index (χ4v) is 3.62. The largest absolute Gasteiger partial charge is 0.493 e. The molecule has 1 aliphatic heterocycles. The maximum absolute atomic E-state index is 12.6. The van der Waals surface area contributed by atoms with Gasteiger partial charge >= 0.3 is 0 Å². The minimum absolute atomic E-state index is 0.0918. The minimum atomic E-state index is 0.0918. The summed E-state index contributed by atoms with van der Waals surface area (Å²) in [7, 11) is 4.72. The highest BCUT2D eigenvalue weighted by atomic mass is 16.5.